The second-order valence-corrected chi connectivity index (χ2v) is 7.02. The zero-order valence-corrected chi connectivity index (χ0v) is 16.7. The van der Waals surface area contributed by atoms with Gasteiger partial charge in [0.2, 0.25) is 5.95 Å². The van der Waals surface area contributed by atoms with E-state index in [4.69, 9.17) is 5.26 Å². The monoisotopic (exact) mass is 495 g/mol. The first-order chi connectivity index (χ1) is 13.3. The minimum atomic E-state index is -4.61. The Balaban J connectivity index is 2.00. The molecule has 0 saturated carbocycles. The van der Waals surface area contributed by atoms with Crippen LogP contribution in [0.5, 0.6) is 0 Å². The van der Waals surface area contributed by atoms with E-state index in [1.165, 1.54) is 24.1 Å². The summed E-state index contributed by atoms with van der Waals surface area (Å²) in [5, 5.41) is 11.8. The van der Waals surface area contributed by atoms with Gasteiger partial charge in [-0.1, -0.05) is 0 Å². The number of nitriles is 1. The summed E-state index contributed by atoms with van der Waals surface area (Å²) in [5.41, 5.74) is 0.583. The standard InChI is InChI=1S/C19H13F3IN5/c1-28(15-8-2-12(10-24)3-9-15)17-16(19(20,21)22)11-25-18(27-17)26-14-6-4-13(23)5-7-14/h2-9,11H,1H3,(H,25,26,27). The van der Waals surface area contributed by atoms with Gasteiger partial charge in [-0.3, -0.25) is 0 Å². The summed E-state index contributed by atoms with van der Waals surface area (Å²) < 4.78 is 41.5. The van der Waals surface area contributed by atoms with Crippen LogP contribution in [-0.4, -0.2) is 17.0 Å². The fourth-order valence-corrected chi connectivity index (χ4v) is 2.79. The van der Waals surface area contributed by atoms with Gasteiger partial charge in [0.25, 0.3) is 0 Å². The average Bonchev–Trinajstić information content (AvgIpc) is 2.68. The van der Waals surface area contributed by atoms with E-state index in [0.29, 0.717) is 16.9 Å². The highest BCUT2D eigenvalue weighted by molar-refractivity contribution is 14.1. The van der Waals surface area contributed by atoms with Crippen LogP contribution in [0.25, 0.3) is 0 Å². The van der Waals surface area contributed by atoms with Crippen molar-refractivity contribution in [3.05, 3.63) is 69.4 Å². The summed E-state index contributed by atoms with van der Waals surface area (Å²) in [6, 6.07) is 15.4. The summed E-state index contributed by atoms with van der Waals surface area (Å²) >= 11 is 2.16. The van der Waals surface area contributed by atoms with Crippen LogP contribution in [0.1, 0.15) is 11.1 Å². The molecule has 0 aliphatic heterocycles. The van der Waals surface area contributed by atoms with Gasteiger partial charge in [-0.2, -0.15) is 23.4 Å². The maximum absolute atomic E-state index is 13.5. The van der Waals surface area contributed by atoms with Crippen molar-refractivity contribution in [2.24, 2.45) is 0 Å². The lowest BCUT2D eigenvalue weighted by molar-refractivity contribution is -0.137. The molecule has 1 aromatic heterocycles. The normalized spacial score (nSPS) is 11.0. The largest absolute Gasteiger partial charge is 0.421 e. The molecule has 0 fully saturated rings. The van der Waals surface area contributed by atoms with Crippen LogP contribution >= 0.6 is 22.6 Å². The highest BCUT2D eigenvalue weighted by Gasteiger charge is 2.36. The molecule has 0 amide bonds. The average molecular weight is 495 g/mol. The van der Waals surface area contributed by atoms with E-state index in [9.17, 15) is 13.2 Å². The molecular formula is C19H13F3IN5. The third-order valence-corrected chi connectivity index (χ3v) is 4.59. The van der Waals surface area contributed by atoms with Crippen molar-refractivity contribution in [1.29, 1.82) is 5.26 Å². The highest BCUT2D eigenvalue weighted by atomic mass is 127. The number of nitrogens with zero attached hydrogens (tertiary/aromatic N) is 4. The summed E-state index contributed by atoms with van der Waals surface area (Å²) in [7, 11) is 1.48. The lowest BCUT2D eigenvalue weighted by Crippen LogP contribution is -2.19. The summed E-state index contributed by atoms with van der Waals surface area (Å²) in [6.45, 7) is 0. The number of aromatic nitrogens is 2. The van der Waals surface area contributed by atoms with Crippen LogP contribution in [0.3, 0.4) is 0 Å². The zero-order chi connectivity index (χ0) is 20.3. The van der Waals surface area contributed by atoms with E-state index in [1.54, 1.807) is 24.3 Å². The Morgan fingerprint density at radius 2 is 1.71 bits per heavy atom. The Kier molecular flexibility index (Phi) is 5.69. The summed E-state index contributed by atoms with van der Waals surface area (Å²) in [4.78, 5) is 9.22. The molecule has 142 valence electrons. The second kappa shape index (κ2) is 8.02. The maximum atomic E-state index is 13.5. The van der Waals surface area contributed by atoms with Gasteiger partial charge >= 0.3 is 6.18 Å². The van der Waals surface area contributed by atoms with E-state index >= 15 is 0 Å². The van der Waals surface area contributed by atoms with Gasteiger partial charge in [-0.05, 0) is 71.1 Å². The lowest BCUT2D eigenvalue weighted by atomic mass is 10.2. The van der Waals surface area contributed by atoms with Crippen molar-refractivity contribution >= 4 is 45.7 Å². The quantitative estimate of drug-likeness (QED) is 0.486. The van der Waals surface area contributed by atoms with E-state index < -0.39 is 11.7 Å². The van der Waals surface area contributed by atoms with Crippen LogP contribution in [0.4, 0.5) is 36.3 Å². The first-order valence-electron chi connectivity index (χ1n) is 7.98. The Morgan fingerprint density at radius 3 is 2.29 bits per heavy atom. The Morgan fingerprint density at radius 1 is 1.07 bits per heavy atom. The molecule has 9 heteroatoms. The number of rotatable bonds is 4. The number of halogens is 4. The fraction of sp³-hybridized carbons (Fsp3) is 0.105. The topological polar surface area (TPSA) is 64.8 Å². The maximum Gasteiger partial charge on any atom is 0.421 e. The molecule has 0 spiro atoms. The van der Waals surface area contributed by atoms with E-state index in [2.05, 4.69) is 37.9 Å². The van der Waals surface area contributed by atoms with E-state index in [-0.39, 0.29) is 11.8 Å². The molecule has 28 heavy (non-hydrogen) atoms. The highest BCUT2D eigenvalue weighted by Crippen LogP contribution is 2.37. The van der Waals surface area contributed by atoms with Gasteiger partial charge < -0.3 is 10.2 Å². The minimum Gasteiger partial charge on any atom is -0.329 e. The Labute approximate surface area is 173 Å². The van der Waals surface area contributed by atoms with Gasteiger partial charge in [0.1, 0.15) is 5.56 Å². The molecule has 3 rings (SSSR count). The van der Waals surface area contributed by atoms with Gasteiger partial charge in [0, 0.05) is 28.2 Å². The molecule has 0 aliphatic rings. The van der Waals surface area contributed by atoms with E-state index in [1.807, 2.05) is 18.2 Å². The van der Waals surface area contributed by atoms with Crippen molar-refractivity contribution in [2.75, 3.05) is 17.3 Å². The molecular weight excluding hydrogens is 482 g/mol. The van der Waals surface area contributed by atoms with Crippen LogP contribution in [0, 0.1) is 14.9 Å². The molecule has 0 unspecified atom stereocenters. The van der Waals surface area contributed by atoms with Crippen LogP contribution in [0.2, 0.25) is 0 Å². The van der Waals surface area contributed by atoms with Gasteiger partial charge in [-0.25, -0.2) is 4.98 Å². The van der Waals surface area contributed by atoms with Crippen LogP contribution in [-0.2, 0) is 6.18 Å². The Hall–Kier alpha value is -2.87. The third kappa shape index (κ3) is 4.51. The minimum absolute atomic E-state index is 0.0460. The summed E-state index contributed by atoms with van der Waals surface area (Å²) in [6.07, 6.45) is -3.85. The Bertz CT molecular complexity index is 1010. The number of anilines is 4. The van der Waals surface area contributed by atoms with Crippen molar-refractivity contribution < 1.29 is 13.2 Å². The lowest BCUT2D eigenvalue weighted by Gasteiger charge is -2.23. The fourth-order valence-electron chi connectivity index (χ4n) is 2.43. The molecule has 0 atom stereocenters. The van der Waals surface area contributed by atoms with Gasteiger partial charge in [-0.15, -0.1) is 0 Å². The predicted octanol–water partition coefficient (Wildman–Crippen LogP) is 5.48. The first-order valence-corrected chi connectivity index (χ1v) is 9.06. The summed E-state index contributed by atoms with van der Waals surface area (Å²) in [5.74, 6) is -0.245. The second-order valence-electron chi connectivity index (χ2n) is 5.78. The SMILES string of the molecule is CN(c1ccc(C#N)cc1)c1nc(Nc2ccc(I)cc2)ncc1C(F)(F)F. The van der Waals surface area contributed by atoms with Crippen molar-refractivity contribution in [1.82, 2.24) is 9.97 Å². The number of hydrogen-bond acceptors (Lipinski definition) is 5. The number of nitrogens with one attached hydrogen (secondary N) is 1. The molecule has 0 saturated heterocycles. The molecule has 3 aromatic rings. The van der Waals surface area contributed by atoms with Crippen LogP contribution in [0.15, 0.2) is 54.7 Å². The molecule has 1 heterocycles. The third-order valence-electron chi connectivity index (χ3n) is 3.88. The first kappa shape index (κ1) is 19.9. The van der Waals surface area contributed by atoms with Crippen molar-refractivity contribution in [3.8, 4) is 6.07 Å². The molecule has 1 N–H and O–H groups in total. The van der Waals surface area contributed by atoms with Gasteiger partial charge in [0.05, 0.1) is 11.6 Å². The van der Waals surface area contributed by atoms with Crippen LogP contribution < -0.4 is 10.2 Å². The number of alkyl halides is 3. The zero-order valence-electron chi connectivity index (χ0n) is 14.5. The molecule has 0 radical (unpaired) electrons. The number of hydrogen-bond donors (Lipinski definition) is 1. The predicted molar refractivity (Wildman–Crippen MR) is 109 cm³/mol. The molecule has 2 aromatic carbocycles. The molecule has 0 bridgehead atoms. The van der Waals surface area contributed by atoms with E-state index in [0.717, 1.165) is 9.77 Å². The molecule has 5 nitrogen and oxygen atoms in total. The van der Waals surface area contributed by atoms with Gasteiger partial charge in [0.15, 0.2) is 5.82 Å². The molecule has 0 aliphatic carbocycles. The van der Waals surface area contributed by atoms with Crippen molar-refractivity contribution in [3.63, 3.8) is 0 Å². The number of benzene rings is 2. The van der Waals surface area contributed by atoms with Crippen molar-refractivity contribution in [2.45, 2.75) is 6.18 Å². The smallest absolute Gasteiger partial charge is 0.329 e.